The van der Waals surface area contributed by atoms with E-state index in [1.807, 2.05) is 0 Å². The van der Waals surface area contributed by atoms with Crippen molar-refractivity contribution in [1.29, 1.82) is 0 Å². The van der Waals surface area contributed by atoms with Gasteiger partial charge in [0.05, 0.1) is 11.8 Å². The minimum Gasteiger partial charge on any atom is -0.393 e. The molecule has 15 heavy (non-hydrogen) atoms. The first-order valence-electron chi connectivity index (χ1n) is 5.58. The van der Waals surface area contributed by atoms with Gasteiger partial charge in [0.2, 0.25) is 0 Å². The van der Waals surface area contributed by atoms with Crippen molar-refractivity contribution in [3.05, 3.63) is 11.1 Å². The second-order valence-corrected chi connectivity index (χ2v) is 5.09. The number of aromatic nitrogens is 1. The van der Waals surface area contributed by atoms with Crippen molar-refractivity contribution < 1.29 is 5.11 Å². The van der Waals surface area contributed by atoms with Crippen LogP contribution in [0.5, 0.6) is 0 Å². The van der Waals surface area contributed by atoms with Crippen molar-refractivity contribution in [2.24, 2.45) is 5.92 Å². The van der Waals surface area contributed by atoms with Crippen LogP contribution in [0.2, 0.25) is 0 Å². The fourth-order valence-electron chi connectivity index (χ4n) is 1.91. The fourth-order valence-corrected chi connectivity index (χ4v) is 2.86. The third-order valence-electron chi connectivity index (χ3n) is 3.03. The van der Waals surface area contributed by atoms with E-state index >= 15 is 0 Å². The summed E-state index contributed by atoms with van der Waals surface area (Å²) in [4.78, 5) is 6.87. The van der Waals surface area contributed by atoms with Gasteiger partial charge in [0.25, 0.3) is 0 Å². The van der Waals surface area contributed by atoms with E-state index in [0.29, 0.717) is 5.92 Å². The zero-order valence-corrected chi connectivity index (χ0v) is 10.1. The molecule has 2 atom stereocenters. The topological polar surface area (TPSA) is 36.4 Å². The fraction of sp³-hybridized carbons (Fsp3) is 0.727. The number of hydrogen-bond acceptors (Lipinski definition) is 4. The number of aliphatic hydroxyl groups is 1. The number of aryl methyl sites for hydroxylation is 1. The molecular weight excluding hydrogens is 208 g/mol. The molecule has 0 radical (unpaired) electrons. The lowest BCUT2D eigenvalue weighted by Gasteiger charge is -2.34. The summed E-state index contributed by atoms with van der Waals surface area (Å²) in [6.07, 6.45) is 1.73. The summed E-state index contributed by atoms with van der Waals surface area (Å²) >= 11 is 1.72. The zero-order valence-electron chi connectivity index (χ0n) is 9.31. The first-order valence-corrected chi connectivity index (χ1v) is 6.46. The summed E-state index contributed by atoms with van der Waals surface area (Å²) in [5.74, 6) is 0.354. The third kappa shape index (κ3) is 2.32. The van der Waals surface area contributed by atoms with Gasteiger partial charge in [0, 0.05) is 18.5 Å². The number of hydrogen-bond donors (Lipinski definition) is 1. The van der Waals surface area contributed by atoms with Crippen molar-refractivity contribution in [3.63, 3.8) is 0 Å². The number of anilines is 1. The van der Waals surface area contributed by atoms with Crippen LogP contribution in [-0.4, -0.2) is 29.3 Å². The van der Waals surface area contributed by atoms with Crippen molar-refractivity contribution in [2.45, 2.75) is 32.8 Å². The molecule has 0 aliphatic carbocycles. The minimum absolute atomic E-state index is 0.133. The van der Waals surface area contributed by atoms with Crippen LogP contribution >= 0.6 is 11.3 Å². The molecule has 1 aromatic heterocycles. The van der Waals surface area contributed by atoms with Crippen LogP contribution in [0, 0.1) is 5.92 Å². The standard InChI is InChI=1S/C11H18N2OS/c1-3-9-7-15-11(12-9)13-5-4-10(14)8(2)6-13/h7-8,10,14H,3-6H2,1-2H3. The van der Waals surface area contributed by atoms with Crippen molar-refractivity contribution in [2.75, 3.05) is 18.0 Å². The zero-order chi connectivity index (χ0) is 10.8. The van der Waals surface area contributed by atoms with Crippen LogP contribution in [0.3, 0.4) is 0 Å². The number of rotatable bonds is 2. The molecule has 4 heteroatoms. The number of piperidine rings is 1. The van der Waals surface area contributed by atoms with Crippen LogP contribution in [0.15, 0.2) is 5.38 Å². The monoisotopic (exact) mass is 226 g/mol. The SMILES string of the molecule is CCc1csc(N2CCC(O)C(C)C2)n1. The van der Waals surface area contributed by atoms with E-state index in [1.54, 1.807) is 11.3 Å². The van der Waals surface area contributed by atoms with Crippen LogP contribution < -0.4 is 4.90 Å². The Morgan fingerprint density at radius 2 is 2.47 bits per heavy atom. The maximum Gasteiger partial charge on any atom is 0.185 e. The molecule has 1 N–H and O–H groups in total. The summed E-state index contributed by atoms with van der Waals surface area (Å²) < 4.78 is 0. The molecule has 2 unspecified atom stereocenters. The summed E-state index contributed by atoms with van der Waals surface area (Å²) in [6.45, 7) is 6.09. The van der Waals surface area contributed by atoms with E-state index in [4.69, 9.17) is 0 Å². The molecular formula is C11H18N2OS. The Bertz CT molecular complexity index is 326. The van der Waals surface area contributed by atoms with Gasteiger partial charge in [-0.25, -0.2) is 4.98 Å². The number of thiazole rings is 1. The molecule has 0 saturated carbocycles. The van der Waals surface area contributed by atoms with E-state index in [2.05, 4.69) is 29.1 Å². The van der Waals surface area contributed by atoms with Gasteiger partial charge in [0.1, 0.15) is 0 Å². The van der Waals surface area contributed by atoms with Gasteiger partial charge in [-0.2, -0.15) is 0 Å². The van der Waals surface area contributed by atoms with E-state index in [9.17, 15) is 5.11 Å². The van der Waals surface area contributed by atoms with E-state index in [0.717, 1.165) is 31.1 Å². The van der Waals surface area contributed by atoms with E-state index < -0.39 is 0 Å². The predicted octanol–water partition coefficient (Wildman–Crippen LogP) is 1.91. The lowest BCUT2D eigenvalue weighted by molar-refractivity contribution is 0.0971. The Morgan fingerprint density at radius 1 is 1.67 bits per heavy atom. The molecule has 0 amide bonds. The third-order valence-corrected chi connectivity index (χ3v) is 3.98. The van der Waals surface area contributed by atoms with Crippen LogP contribution in [0.1, 0.15) is 26.0 Å². The van der Waals surface area contributed by atoms with Crippen molar-refractivity contribution in [3.8, 4) is 0 Å². The quantitative estimate of drug-likeness (QED) is 0.837. The smallest absolute Gasteiger partial charge is 0.185 e. The molecule has 2 heterocycles. The molecule has 1 aliphatic rings. The van der Waals surface area contributed by atoms with Gasteiger partial charge < -0.3 is 10.0 Å². The maximum absolute atomic E-state index is 9.65. The first-order chi connectivity index (χ1) is 7.20. The average molecular weight is 226 g/mol. The summed E-state index contributed by atoms with van der Waals surface area (Å²) in [5.41, 5.74) is 1.17. The highest BCUT2D eigenvalue weighted by Crippen LogP contribution is 2.26. The summed E-state index contributed by atoms with van der Waals surface area (Å²) in [5, 5.41) is 12.9. The van der Waals surface area contributed by atoms with Gasteiger partial charge in [-0.1, -0.05) is 13.8 Å². The Balaban J connectivity index is 2.05. The van der Waals surface area contributed by atoms with Crippen LogP contribution in [0.4, 0.5) is 5.13 Å². The largest absolute Gasteiger partial charge is 0.393 e. The Hall–Kier alpha value is -0.610. The number of nitrogens with zero attached hydrogens (tertiary/aromatic N) is 2. The molecule has 0 aromatic carbocycles. The molecule has 1 saturated heterocycles. The second kappa shape index (κ2) is 4.49. The lowest BCUT2D eigenvalue weighted by atomic mass is 9.97. The Kier molecular flexibility index (Phi) is 3.26. The van der Waals surface area contributed by atoms with Gasteiger partial charge in [0.15, 0.2) is 5.13 Å². The van der Waals surface area contributed by atoms with E-state index in [1.165, 1.54) is 5.69 Å². The first kappa shape index (κ1) is 10.9. The minimum atomic E-state index is -0.133. The van der Waals surface area contributed by atoms with Crippen molar-refractivity contribution in [1.82, 2.24) is 4.98 Å². The van der Waals surface area contributed by atoms with Gasteiger partial charge >= 0.3 is 0 Å². The molecule has 0 spiro atoms. The molecule has 1 aliphatic heterocycles. The maximum atomic E-state index is 9.65. The molecule has 84 valence electrons. The second-order valence-electron chi connectivity index (χ2n) is 4.25. The molecule has 0 bridgehead atoms. The number of aliphatic hydroxyl groups excluding tert-OH is 1. The lowest BCUT2D eigenvalue weighted by Crippen LogP contribution is -2.41. The van der Waals surface area contributed by atoms with Crippen LogP contribution in [0.25, 0.3) is 0 Å². The van der Waals surface area contributed by atoms with E-state index in [-0.39, 0.29) is 6.10 Å². The Morgan fingerprint density at radius 3 is 3.07 bits per heavy atom. The molecule has 2 rings (SSSR count). The van der Waals surface area contributed by atoms with Gasteiger partial charge in [-0.3, -0.25) is 0 Å². The molecule has 1 aromatic rings. The summed E-state index contributed by atoms with van der Waals surface area (Å²) in [7, 11) is 0. The highest BCUT2D eigenvalue weighted by molar-refractivity contribution is 7.13. The van der Waals surface area contributed by atoms with Gasteiger partial charge in [-0.15, -0.1) is 11.3 Å². The highest BCUT2D eigenvalue weighted by Gasteiger charge is 2.25. The molecule has 1 fully saturated rings. The van der Waals surface area contributed by atoms with Crippen LogP contribution in [-0.2, 0) is 6.42 Å². The predicted molar refractivity (Wildman–Crippen MR) is 63.5 cm³/mol. The average Bonchev–Trinajstić information content (AvgIpc) is 2.70. The molecule has 3 nitrogen and oxygen atoms in total. The van der Waals surface area contributed by atoms with Gasteiger partial charge in [-0.05, 0) is 18.8 Å². The van der Waals surface area contributed by atoms with Crippen molar-refractivity contribution >= 4 is 16.5 Å². The normalized spacial score (nSPS) is 27.0. The summed E-state index contributed by atoms with van der Waals surface area (Å²) in [6, 6.07) is 0. The highest BCUT2D eigenvalue weighted by atomic mass is 32.1. The Labute approximate surface area is 94.8 Å².